The smallest absolute Gasteiger partial charge is 0.261 e. The van der Waals surface area contributed by atoms with Crippen LogP contribution in [0.4, 0.5) is 0 Å². The van der Waals surface area contributed by atoms with Crippen LogP contribution in [0, 0.1) is 40.9 Å². The van der Waals surface area contributed by atoms with Crippen LogP contribution in [0.2, 0.25) is 0 Å². The Morgan fingerprint density at radius 2 is 2.09 bits per heavy atom. The van der Waals surface area contributed by atoms with Gasteiger partial charge in [0.1, 0.15) is 5.60 Å². The highest BCUT2D eigenvalue weighted by Crippen LogP contribution is 2.67. The average Bonchev–Trinajstić information content (AvgIpc) is 3.14. The largest absolute Gasteiger partial charge is 0.385 e. The summed E-state index contributed by atoms with van der Waals surface area (Å²) in [5.74, 6) is 4.33. The fourth-order valence-corrected chi connectivity index (χ4v) is 7.82. The van der Waals surface area contributed by atoms with E-state index in [1.165, 1.54) is 5.57 Å². The summed E-state index contributed by atoms with van der Waals surface area (Å²) in [6.45, 7) is 5.01. The summed E-state index contributed by atoms with van der Waals surface area (Å²) in [6.07, 6.45) is 19.5. The lowest BCUT2D eigenvalue weighted by molar-refractivity contribution is -0.125. The molecular weight excluding hydrogens is 438 g/mol. The van der Waals surface area contributed by atoms with Crippen molar-refractivity contribution in [3.05, 3.63) is 41.7 Å². The Morgan fingerprint density at radius 1 is 1.26 bits per heavy atom. The first-order valence-electron chi connectivity index (χ1n) is 13.0. The predicted octanol–water partition coefficient (Wildman–Crippen LogP) is 4.40. The van der Waals surface area contributed by atoms with Gasteiger partial charge in [0, 0.05) is 24.4 Å². The van der Waals surface area contributed by atoms with Crippen LogP contribution in [0.25, 0.3) is 0 Å². The Hall–Kier alpha value is -2.65. The molecule has 0 aliphatic heterocycles. The zero-order chi connectivity index (χ0) is 24.7. The second-order valence-electron chi connectivity index (χ2n) is 11.5. The SMILES string of the molecule is C#C[C@@]1(O)CC[C@@H]2[C@H]3CCC4=CC(=NOCC(=O)NCc5cccnc5)CC[C@]4(C)[C@H]3CC[C@]21C. The fourth-order valence-electron chi connectivity index (χ4n) is 7.82. The van der Waals surface area contributed by atoms with Gasteiger partial charge >= 0.3 is 0 Å². The summed E-state index contributed by atoms with van der Waals surface area (Å²) in [5.41, 5.74) is 2.41. The van der Waals surface area contributed by atoms with Crippen molar-refractivity contribution in [1.29, 1.82) is 0 Å². The van der Waals surface area contributed by atoms with E-state index in [-0.39, 0.29) is 23.3 Å². The third-order valence-electron chi connectivity index (χ3n) is 9.96. The number of nitrogens with zero attached hydrogens (tertiary/aromatic N) is 2. The van der Waals surface area contributed by atoms with E-state index in [2.05, 4.69) is 41.3 Å². The Morgan fingerprint density at radius 3 is 2.86 bits per heavy atom. The molecule has 2 N–H and O–H groups in total. The van der Waals surface area contributed by atoms with Crippen molar-refractivity contribution in [2.24, 2.45) is 33.7 Å². The van der Waals surface area contributed by atoms with E-state index in [0.29, 0.717) is 24.3 Å². The molecule has 186 valence electrons. The number of amides is 1. The van der Waals surface area contributed by atoms with Gasteiger partial charge in [-0.1, -0.05) is 36.6 Å². The second-order valence-corrected chi connectivity index (χ2v) is 11.5. The van der Waals surface area contributed by atoms with Crippen molar-refractivity contribution in [1.82, 2.24) is 10.3 Å². The minimum absolute atomic E-state index is 0.0900. The van der Waals surface area contributed by atoms with Crippen molar-refractivity contribution in [3.63, 3.8) is 0 Å². The summed E-state index contributed by atoms with van der Waals surface area (Å²) in [6, 6.07) is 3.77. The average molecular weight is 476 g/mol. The number of aliphatic hydroxyl groups is 1. The van der Waals surface area contributed by atoms with Gasteiger partial charge in [-0.3, -0.25) is 9.78 Å². The highest BCUT2D eigenvalue weighted by molar-refractivity contribution is 5.96. The normalized spacial score (nSPS) is 39.0. The maximum Gasteiger partial charge on any atom is 0.261 e. The van der Waals surface area contributed by atoms with Gasteiger partial charge in [-0.2, -0.15) is 0 Å². The molecule has 1 aromatic rings. The number of oxime groups is 1. The van der Waals surface area contributed by atoms with E-state index >= 15 is 0 Å². The lowest BCUT2D eigenvalue weighted by atomic mass is 9.46. The minimum Gasteiger partial charge on any atom is -0.385 e. The number of terminal acetylenes is 1. The Kier molecular flexibility index (Phi) is 6.25. The van der Waals surface area contributed by atoms with Crippen molar-refractivity contribution >= 4 is 11.6 Å². The molecule has 0 bridgehead atoms. The number of hydrogen-bond donors (Lipinski definition) is 2. The lowest BCUT2D eigenvalue weighted by Crippen LogP contribution is -2.54. The maximum atomic E-state index is 12.1. The van der Waals surface area contributed by atoms with Crippen molar-refractivity contribution in [3.8, 4) is 12.3 Å². The number of allylic oxidation sites excluding steroid dienone is 2. The first-order valence-corrected chi connectivity index (χ1v) is 13.0. The number of fused-ring (bicyclic) bond motifs is 5. The topological polar surface area (TPSA) is 83.8 Å². The zero-order valence-electron chi connectivity index (χ0n) is 20.9. The number of hydrogen-bond acceptors (Lipinski definition) is 5. The molecule has 5 rings (SSSR count). The Balaban J connectivity index is 1.21. The molecule has 1 amide bonds. The van der Waals surface area contributed by atoms with Crippen LogP contribution in [-0.2, 0) is 16.2 Å². The standard InChI is InChI=1S/C29H37N3O3/c1-4-29(34)14-11-25-23-8-7-21-16-22(9-12-27(21,2)24(23)10-13-28(25,29)3)32-35-19-26(33)31-18-20-6-5-15-30-17-20/h1,5-6,15-17,23-25,34H,7-14,18-19H2,2-3H3,(H,31,33)/t23-,24-,25+,27-,28+,29+/m0/s1. The molecule has 3 saturated carbocycles. The number of aromatic nitrogens is 1. The minimum atomic E-state index is -0.951. The molecule has 0 unspecified atom stereocenters. The van der Waals surface area contributed by atoms with E-state index in [9.17, 15) is 9.90 Å². The predicted molar refractivity (Wildman–Crippen MR) is 135 cm³/mol. The van der Waals surface area contributed by atoms with Crippen LogP contribution in [-0.4, -0.2) is 33.9 Å². The molecule has 4 aliphatic carbocycles. The van der Waals surface area contributed by atoms with E-state index in [4.69, 9.17) is 11.3 Å². The summed E-state index contributed by atoms with van der Waals surface area (Å²) >= 11 is 0. The van der Waals surface area contributed by atoms with Gasteiger partial charge in [0.05, 0.1) is 5.71 Å². The molecule has 0 aromatic carbocycles. The summed E-state index contributed by atoms with van der Waals surface area (Å²) < 4.78 is 0. The highest BCUT2D eigenvalue weighted by atomic mass is 16.6. The first kappa shape index (κ1) is 24.1. The molecule has 3 fully saturated rings. The molecule has 1 aromatic heterocycles. The van der Waals surface area contributed by atoms with Gasteiger partial charge in [-0.25, -0.2) is 0 Å². The number of pyridine rings is 1. The third kappa shape index (κ3) is 4.08. The monoisotopic (exact) mass is 475 g/mol. The van der Waals surface area contributed by atoms with Crippen LogP contribution in [0.5, 0.6) is 0 Å². The molecular formula is C29H37N3O3. The molecule has 6 nitrogen and oxygen atoms in total. The van der Waals surface area contributed by atoms with Gasteiger partial charge in [0.15, 0.2) is 6.61 Å². The van der Waals surface area contributed by atoms with Crippen LogP contribution < -0.4 is 5.32 Å². The molecule has 6 heteroatoms. The maximum absolute atomic E-state index is 12.1. The summed E-state index contributed by atoms with van der Waals surface area (Å²) in [5, 5.41) is 18.3. The Labute approximate surface area is 208 Å². The quantitative estimate of drug-likeness (QED) is 0.488. The van der Waals surface area contributed by atoms with Crippen LogP contribution in [0.15, 0.2) is 41.3 Å². The first-order chi connectivity index (χ1) is 16.8. The van der Waals surface area contributed by atoms with Gasteiger partial charge in [0.25, 0.3) is 5.91 Å². The van der Waals surface area contributed by atoms with Crippen molar-refractivity contribution < 1.29 is 14.7 Å². The number of carbonyl (C=O) groups is 1. The van der Waals surface area contributed by atoms with Crippen LogP contribution in [0.3, 0.4) is 0 Å². The molecule has 1 heterocycles. The van der Waals surface area contributed by atoms with Crippen LogP contribution in [0.1, 0.15) is 70.8 Å². The number of nitrogens with one attached hydrogen (secondary N) is 1. The number of carbonyl (C=O) groups excluding carboxylic acids is 1. The lowest BCUT2D eigenvalue weighted by Gasteiger charge is -2.58. The van der Waals surface area contributed by atoms with Crippen molar-refractivity contribution in [2.45, 2.75) is 77.4 Å². The summed E-state index contributed by atoms with van der Waals surface area (Å²) in [4.78, 5) is 21.6. The van der Waals surface area contributed by atoms with Crippen LogP contribution >= 0.6 is 0 Å². The fraction of sp³-hybridized carbons (Fsp3) is 0.621. The van der Waals surface area contributed by atoms with E-state index in [0.717, 1.165) is 62.6 Å². The molecule has 0 saturated heterocycles. The van der Waals surface area contributed by atoms with E-state index in [1.807, 2.05) is 12.1 Å². The highest BCUT2D eigenvalue weighted by Gasteiger charge is 2.63. The van der Waals surface area contributed by atoms with Gasteiger partial charge in [-0.15, -0.1) is 6.42 Å². The second kappa shape index (κ2) is 9.09. The molecule has 6 atom stereocenters. The molecule has 35 heavy (non-hydrogen) atoms. The van der Waals surface area contributed by atoms with Gasteiger partial charge in [0.2, 0.25) is 0 Å². The van der Waals surface area contributed by atoms with Crippen molar-refractivity contribution in [2.75, 3.05) is 6.61 Å². The molecule has 0 radical (unpaired) electrons. The van der Waals surface area contributed by atoms with E-state index in [1.54, 1.807) is 12.4 Å². The summed E-state index contributed by atoms with van der Waals surface area (Å²) in [7, 11) is 0. The number of rotatable bonds is 5. The Bertz CT molecular complexity index is 1080. The molecule has 4 aliphatic rings. The third-order valence-corrected chi connectivity index (χ3v) is 9.96. The van der Waals surface area contributed by atoms with Gasteiger partial charge in [-0.05, 0) is 92.2 Å². The molecule has 0 spiro atoms. The zero-order valence-corrected chi connectivity index (χ0v) is 20.9. The van der Waals surface area contributed by atoms with Gasteiger partial charge < -0.3 is 15.3 Å². The van der Waals surface area contributed by atoms with E-state index < -0.39 is 5.60 Å².